The van der Waals surface area contributed by atoms with Crippen LogP contribution in [0.1, 0.15) is 6.92 Å². The summed E-state index contributed by atoms with van der Waals surface area (Å²) in [4.78, 5) is 0. The van der Waals surface area contributed by atoms with Crippen LogP contribution in [-0.4, -0.2) is 44.3 Å². The Bertz CT molecular complexity index is 175. The zero-order chi connectivity index (χ0) is 12.1. The summed E-state index contributed by atoms with van der Waals surface area (Å²) in [6.45, 7) is 8.45. The predicted octanol–water partition coefficient (Wildman–Crippen LogP) is 1.71. The predicted molar refractivity (Wildman–Crippen MR) is 65.8 cm³/mol. The van der Waals surface area contributed by atoms with E-state index in [-0.39, 0.29) is 0 Å². The molecule has 0 rings (SSSR count). The third-order valence-corrected chi connectivity index (χ3v) is 9.82. The van der Waals surface area contributed by atoms with Crippen molar-refractivity contribution >= 4 is 17.4 Å². The average Bonchev–Trinajstić information content (AvgIpc) is 2.20. The van der Waals surface area contributed by atoms with Crippen LogP contribution < -0.4 is 0 Å². The van der Waals surface area contributed by atoms with Crippen LogP contribution in [0.4, 0.5) is 0 Å². The van der Waals surface area contributed by atoms with E-state index in [9.17, 15) is 0 Å². The second-order valence-electron chi connectivity index (χ2n) is 4.02. The monoisotopic (exact) mass is 252 g/mol. The first-order valence-electron chi connectivity index (χ1n) is 5.22. The zero-order valence-corrected chi connectivity index (χ0v) is 13.1. The summed E-state index contributed by atoms with van der Waals surface area (Å²) in [5.74, 6) is 0. The summed E-state index contributed by atoms with van der Waals surface area (Å²) >= 11 is 0. The van der Waals surface area contributed by atoms with Crippen LogP contribution in [0.15, 0.2) is 0 Å². The van der Waals surface area contributed by atoms with Gasteiger partial charge in [-0.25, -0.2) is 0 Å². The molecule has 0 amide bonds. The lowest BCUT2D eigenvalue weighted by atomic mass is 11.0. The number of ether oxygens (including phenoxy) is 3. The van der Waals surface area contributed by atoms with Crippen molar-refractivity contribution in [3.63, 3.8) is 0 Å². The van der Waals surface area contributed by atoms with Crippen LogP contribution in [0.2, 0.25) is 25.7 Å². The van der Waals surface area contributed by atoms with Gasteiger partial charge in [-0.1, -0.05) is 6.92 Å². The Balaban J connectivity index is 4.77. The molecular formula is C9H24O4Si2. The smallest absolute Gasteiger partial charge is 0.284 e. The van der Waals surface area contributed by atoms with E-state index in [4.69, 9.17) is 18.3 Å². The number of hydrogen-bond donors (Lipinski definition) is 0. The molecule has 0 aliphatic rings. The Morgan fingerprint density at radius 2 is 1.47 bits per heavy atom. The molecular weight excluding hydrogens is 228 g/mol. The van der Waals surface area contributed by atoms with Crippen LogP contribution in [0.3, 0.4) is 0 Å². The van der Waals surface area contributed by atoms with E-state index in [1.807, 2.05) is 0 Å². The van der Waals surface area contributed by atoms with E-state index < -0.39 is 23.0 Å². The highest BCUT2D eigenvalue weighted by atomic mass is 28.4. The largest absolute Gasteiger partial charge is 0.453 e. The molecule has 0 fully saturated rings. The molecule has 0 aliphatic heterocycles. The Kier molecular flexibility index (Phi) is 6.23. The molecule has 0 saturated carbocycles. The molecule has 0 aromatic rings. The van der Waals surface area contributed by atoms with Crippen LogP contribution in [0.25, 0.3) is 0 Å². The molecule has 0 N–H and O–H groups in total. The Morgan fingerprint density at radius 1 is 1.07 bits per heavy atom. The number of methoxy groups -OCH3 is 3. The van der Waals surface area contributed by atoms with Gasteiger partial charge in [-0.05, 0) is 25.7 Å². The van der Waals surface area contributed by atoms with Crippen molar-refractivity contribution in [3.8, 4) is 0 Å². The highest BCUT2D eigenvalue weighted by Gasteiger charge is 2.51. The minimum atomic E-state index is -2.17. The number of rotatable bonds is 7. The maximum absolute atomic E-state index is 6.13. The molecule has 6 heteroatoms. The maximum atomic E-state index is 6.13. The Labute approximate surface area is 95.7 Å². The van der Waals surface area contributed by atoms with E-state index in [1.165, 1.54) is 0 Å². The van der Waals surface area contributed by atoms with Gasteiger partial charge in [0.15, 0.2) is 9.04 Å². The van der Waals surface area contributed by atoms with Gasteiger partial charge in [0.2, 0.25) is 0 Å². The van der Waals surface area contributed by atoms with Crippen molar-refractivity contribution in [2.45, 2.75) is 38.2 Å². The average molecular weight is 252 g/mol. The topological polar surface area (TPSA) is 36.9 Å². The number of hydrogen-bond acceptors (Lipinski definition) is 4. The van der Waals surface area contributed by atoms with Crippen molar-refractivity contribution in [3.05, 3.63) is 0 Å². The summed E-state index contributed by atoms with van der Waals surface area (Å²) in [6.07, 6.45) is 0. The minimum absolute atomic E-state index is 0.997. The lowest BCUT2D eigenvalue weighted by Gasteiger charge is -2.41. The Hall–Kier alpha value is 0.274. The SMILES string of the molecule is CC[SiH](C)O[Si](C)(C)C(OC)(OC)OC. The minimum Gasteiger partial charge on any atom is -0.453 e. The standard InChI is InChI=1S/C9H24O4Si2/c1-8-14(5)13-15(6,7)9(10-2,11-3)12-4/h14H,8H2,1-7H3. The summed E-state index contributed by atoms with van der Waals surface area (Å²) in [5.41, 5.74) is -0.997. The van der Waals surface area contributed by atoms with Crippen LogP contribution in [-0.2, 0) is 18.3 Å². The molecule has 0 aromatic heterocycles. The molecule has 1 unspecified atom stereocenters. The molecule has 0 aromatic carbocycles. The van der Waals surface area contributed by atoms with Gasteiger partial charge in [-0.2, -0.15) is 0 Å². The van der Waals surface area contributed by atoms with Crippen LogP contribution in [0, 0.1) is 0 Å². The van der Waals surface area contributed by atoms with Gasteiger partial charge in [0, 0.05) is 21.3 Å². The third-order valence-electron chi connectivity index (χ3n) is 2.61. The lowest BCUT2D eigenvalue weighted by molar-refractivity contribution is -0.305. The fourth-order valence-corrected chi connectivity index (χ4v) is 8.39. The van der Waals surface area contributed by atoms with Gasteiger partial charge < -0.3 is 18.3 Å². The summed E-state index contributed by atoms with van der Waals surface area (Å²) in [6, 6.07) is 1.10. The summed E-state index contributed by atoms with van der Waals surface area (Å²) in [5, 5.41) is 0. The highest BCUT2D eigenvalue weighted by Crippen LogP contribution is 2.28. The molecule has 0 spiro atoms. The second-order valence-corrected chi connectivity index (χ2v) is 11.0. The molecule has 0 radical (unpaired) electrons. The normalized spacial score (nSPS) is 15.4. The molecule has 1 atom stereocenters. The second kappa shape index (κ2) is 6.12. The van der Waals surface area contributed by atoms with Crippen molar-refractivity contribution in [2.24, 2.45) is 0 Å². The highest BCUT2D eigenvalue weighted by molar-refractivity contribution is 6.79. The molecule has 4 nitrogen and oxygen atoms in total. The van der Waals surface area contributed by atoms with Gasteiger partial charge in [-0.15, -0.1) is 0 Å². The first-order valence-corrected chi connectivity index (χ1v) is 10.6. The van der Waals surface area contributed by atoms with E-state index in [0.29, 0.717) is 0 Å². The van der Waals surface area contributed by atoms with E-state index in [1.54, 1.807) is 21.3 Å². The van der Waals surface area contributed by atoms with Gasteiger partial charge in [0.25, 0.3) is 13.9 Å². The molecule has 15 heavy (non-hydrogen) atoms. The van der Waals surface area contributed by atoms with Gasteiger partial charge in [0.05, 0.1) is 0 Å². The van der Waals surface area contributed by atoms with Crippen molar-refractivity contribution in [1.82, 2.24) is 0 Å². The maximum Gasteiger partial charge on any atom is 0.284 e. The van der Waals surface area contributed by atoms with Crippen molar-refractivity contribution in [2.75, 3.05) is 21.3 Å². The Morgan fingerprint density at radius 3 is 1.73 bits per heavy atom. The molecule has 0 saturated heterocycles. The van der Waals surface area contributed by atoms with Gasteiger partial charge in [0.1, 0.15) is 0 Å². The molecule has 0 aliphatic carbocycles. The first kappa shape index (κ1) is 15.3. The van der Waals surface area contributed by atoms with Gasteiger partial charge >= 0.3 is 0 Å². The van der Waals surface area contributed by atoms with E-state index >= 15 is 0 Å². The fourth-order valence-electron chi connectivity index (χ4n) is 1.65. The van der Waals surface area contributed by atoms with E-state index in [2.05, 4.69) is 26.6 Å². The third kappa shape index (κ3) is 3.37. The van der Waals surface area contributed by atoms with Crippen molar-refractivity contribution < 1.29 is 18.3 Å². The quantitative estimate of drug-likeness (QED) is 0.511. The molecule has 0 bridgehead atoms. The molecule has 92 valence electrons. The van der Waals surface area contributed by atoms with E-state index in [0.717, 1.165) is 6.04 Å². The summed E-state index contributed by atoms with van der Waals surface area (Å²) < 4.78 is 22.2. The summed E-state index contributed by atoms with van der Waals surface area (Å²) in [7, 11) is 1.46. The molecule has 0 heterocycles. The first-order chi connectivity index (χ1) is 6.89. The van der Waals surface area contributed by atoms with Crippen LogP contribution in [0.5, 0.6) is 0 Å². The lowest BCUT2D eigenvalue weighted by Crippen LogP contribution is -2.61. The fraction of sp³-hybridized carbons (Fsp3) is 1.00. The van der Waals surface area contributed by atoms with Crippen LogP contribution >= 0.6 is 0 Å². The van der Waals surface area contributed by atoms with Gasteiger partial charge in [-0.3, -0.25) is 0 Å². The van der Waals surface area contributed by atoms with Crippen molar-refractivity contribution in [1.29, 1.82) is 0 Å². The zero-order valence-electron chi connectivity index (χ0n) is 10.9.